The molecule has 0 bridgehead atoms. The van der Waals surface area contributed by atoms with Gasteiger partial charge < -0.3 is 10.2 Å². The van der Waals surface area contributed by atoms with Gasteiger partial charge in [0.25, 0.3) is 5.91 Å². The molecule has 1 heterocycles. The lowest BCUT2D eigenvalue weighted by Gasteiger charge is -2.18. The Morgan fingerprint density at radius 1 is 1.25 bits per heavy atom. The lowest BCUT2D eigenvalue weighted by molar-refractivity contribution is 0.0957. The first-order valence-electron chi connectivity index (χ1n) is 5.96. The quantitative estimate of drug-likeness (QED) is 0.910. The van der Waals surface area contributed by atoms with E-state index in [-0.39, 0.29) is 11.6 Å². The third kappa shape index (κ3) is 2.57. The monoisotopic (exact) mass is 267 g/mol. The molecule has 0 atom stereocenters. The molecule has 0 unspecified atom stereocenters. The molecular weight excluding hydrogens is 254 g/mol. The van der Waals surface area contributed by atoms with Crippen molar-refractivity contribution in [3.63, 3.8) is 0 Å². The van der Waals surface area contributed by atoms with Crippen LogP contribution in [0.4, 0.5) is 11.5 Å². The first-order chi connectivity index (χ1) is 9.67. The second-order valence-electron chi connectivity index (χ2n) is 4.04. The molecule has 1 aromatic heterocycles. The van der Waals surface area contributed by atoms with Crippen molar-refractivity contribution in [2.24, 2.45) is 0 Å². The van der Waals surface area contributed by atoms with Gasteiger partial charge in [0.05, 0.1) is 11.3 Å². The molecule has 0 spiro atoms. The maximum Gasteiger partial charge on any atom is 0.271 e. The van der Waals surface area contributed by atoms with Crippen LogP contribution in [0.15, 0.2) is 36.4 Å². The first-order valence-corrected chi connectivity index (χ1v) is 5.96. The summed E-state index contributed by atoms with van der Waals surface area (Å²) in [6.45, 7) is 0. The van der Waals surface area contributed by atoms with Crippen LogP contribution in [-0.4, -0.2) is 30.2 Å². The number of hydrogen-bond acceptors (Lipinski definition) is 5. The summed E-state index contributed by atoms with van der Waals surface area (Å²) in [5.74, 6) is 0.268. The van der Waals surface area contributed by atoms with Crippen molar-refractivity contribution in [3.05, 3.63) is 47.7 Å². The molecular formula is C14H13N5O. The molecule has 2 rings (SSSR count). The molecule has 0 aliphatic heterocycles. The van der Waals surface area contributed by atoms with Crippen LogP contribution < -0.4 is 10.2 Å². The van der Waals surface area contributed by atoms with Gasteiger partial charge in [0.1, 0.15) is 6.07 Å². The number of carbonyl (C=O) groups is 1. The predicted molar refractivity (Wildman–Crippen MR) is 74.6 cm³/mol. The van der Waals surface area contributed by atoms with Crippen LogP contribution in [0.1, 0.15) is 16.1 Å². The number of nitriles is 1. The highest BCUT2D eigenvalue weighted by Gasteiger charge is 2.11. The van der Waals surface area contributed by atoms with Gasteiger partial charge in [0.2, 0.25) is 0 Å². The highest BCUT2D eigenvalue weighted by Crippen LogP contribution is 2.24. The molecule has 1 N–H and O–H groups in total. The fourth-order valence-electron chi connectivity index (χ4n) is 1.74. The molecule has 1 aromatic carbocycles. The summed E-state index contributed by atoms with van der Waals surface area (Å²) in [6.07, 6.45) is 0. The Balaban J connectivity index is 2.32. The Labute approximate surface area is 116 Å². The van der Waals surface area contributed by atoms with E-state index in [4.69, 9.17) is 5.26 Å². The summed E-state index contributed by atoms with van der Waals surface area (Å²) in [5, 5.41) is 19.4. The number of para-hydroxylation sites is 1. The summed E-state index contributed by atoms with van der Waals surface area (Å²) in [4.78, 5) is 13.1. The lowest BCUT2D eigenvalue weighted by atomic mass is 10.2. The number of nitrogens with zero attached hydrogens (tertiary/aromatic N) is 4. The Morgan fingerprint density at radius 3 is 2.60 bits per heavy atom. The van der Waals surface area contributed by atoms with Gasteiger partial charge >= 0.3 is 0 Å². The summed E-state index contributed by atoms with van der Waals surface area (Å²) >= 11 is 0. The zero-order valence-corrected chi connectivity index (χ0v) is 11.2. The normalized spacial score (nSPS) is 9.65. The molecule has 2 aromatic rings. The third-order valence-corrected chi connectivity index (χ3v) is 2.84. The average Bonchev–Trinajstić information content (AvgIpc) is 2.53. The number of carbonyl (C=O) groups excluding carboxylic acids is 1. The number of nitrogens with one attached hydrogen (secondary N) is 1. The molecule has 20 heavy (non-hydrogen) atoms. The first kappa shape index (κ1) is 13.5. The molecule has 1 amide bonds. The van der Waals surface area contributed by atoms with Gasteiger partial charge in [-0.25, -0.2) is 0 Å². The van der Waals surface area contributed by atoms with Crippen molar-refractivity contribution in [3.8, 4) is 6.07 Å². The average molecular weight is 267 g/mol. The van der Waals surface area contributed by atoms with Crippen LogP contribution in [0.3, 0.4) is 0 Å². The number of hydrogen-bond donors (Lipinski definition) is 1. The van der Waals surface area contributed by atoms with E-state index in [0.717, 1.165) is 5.69 Å². The smallest absolute Gasteiger partial charge is 0.271 e. The van der Waals surface area contributed by atoms with Crippen molar-refractivity contribution in [2.75, 3.05) is 19.0 Å². The highest BCUT2D eigenvalue weighted by atomic mass is 16.1. The Bertz CT molecular complexity index is 660. The van der Waals surface area contributed by atoms with Gasteiger partial charge in [0.15, 0.2) is 11.5 Å². The van der Waals surface area contributed by atoms with Crippen LogP contribution in [0, 0.1) is 11.3 Å². The maximum atomic E-state index is 11.4. The highest BCUT2D eigenvalue weighted by molar-refractivity contribution is 5.92. The largest absolute Gasteiger partial charge is 0.354 e. The number of amides is 1. The van der Waals surface area contributed by atoms with E-state index in [1.807, 2.05) is 12.1 Å². The van der Waals surface area contributed by atoms with Crippen molar-refractivity contribution in [1.29, 1.82) is 5.26 Å². The molecule has 0 aliphatic carbocycles. The Hall–Kier alpha value is -2.94. The number of aromatic nitrogens is 2. The topological polar surface area (TPSA) is 81.9 Å². The maximum absolute atomic E-state index is 11.4. The molecule has 6 heteroatoms. The molecule has 0 fully saturated rings. The van der Waals surface area contributed by atoms with Crippen LogP contribution in [-0.2, 0) is 0 Å². The summed E-state index contributed by atoms with van der Waals surface area (Å²) in [7, 11) is 3.33. The molecule has 100 valence electrons. The Morgan fingerprint density at radius 2 is 2.00 bits per heavy atom. The van der Waals surface area contributed by atoms with E-state index in [0.29, 0.717) is 11.4 Å². The minimum absolute atomic E-state index is 0.248. The minimum atomic E-state index is -0.288. The van der Waals surface area contributed by atoms with E-state index in [9.17, 15) is 4.79 Å². The fraction of sp³-hybridized carbons (Fsp3) is 0.143. The van der Waals surface area contributed by atoms with Crippen LogP contribution in [0.5, 0.6) is 0 Å². The Kier molecular flexibility index (Phi) is 3.91. The van der Waals surface area contributed by atoms with Crippen LogP contribution in [0.2, 0.25) is 0 Å². The minimum Gasteiger partial charge on any atom is -0.354 e. The number of anilines is 2. The van der Waals surface area contributed by atoms with E-state index in [1.54, 1.807) is 36.2 Å². The second-order valence-corrected chi connectivity index (χ2v) is 4.04. The number of benzene rings is 1. The zero-order chi connectivity index (χ0) is 14.5. The van der Waals surface area contributed by atoms with Gasteiger partial charge in [-0.3, -0.25) is 4.79 Å². The van der Waals surface area contributed by atoms with E-state index in [2.05, 4.69) is 21.6 Å². The van der Waals surface area contributed by atoms with Gasteiger partial charge in [-0.15, -0.1) is 10.2 Å². The zero-order valence-electron chi connectivity index (χ0n) is 11.2. The summed E-state index contributed by atoms with van der Waals surface area (Å²) in [6, 6.07) is 12.6. The molecule has 0 radical (unpaired) electrons. The molecule has 0 saturated carbocycles. The number of rotatable bonds is 3. The van der Waals surface area contributed by atoms with Crippen molar-refractivity contribution < 1.29 is 4.79 Å². The lowest BCUT2D eigenvalue weighted by Crippen LogP contribution is -2.20. The van der Waals surface area contributed by atoms with Gasteiger partial charge in [-0.1, -0.05) is 12.1 Å². The van der Waals surface area contributed by atoms with Crippen LogP contribution in [0.25, 0.3) is 0 Å². The van der Waals surface area contributed by atoms with Crippen molar-refractivity contribution in [2.45, 2.75) is 0 Å². The third-order valence-electron chi connectivity index (χ3n) is 2.84. The molecule has 6 nitrogen and oxygen atoms in total. The summed E-state index contributed by atoms with van der Waals surface area (Å²) in [5.41, 5.74) is 1.53. The van der Waals surface area contributed by atoms with E-state index >= 15 is 0 Å². The van der Waals surface area contributed by atoms with E-state index < -0.39 is 0 Å². The van der Waals surface area contributed by atoms with Crippen LogP contribution >= 0.6 is 0 Å². The standard InChI is InChI=1S/C14H13N5O/c1-16-14(20)11-7-8-13(18-17-11)19(2)12-6-4-3-5-10(12)9-15/h3-8H,1-2H3,(H,16,20). The van der Waals surface area contributed by atoms with E-state index in [1.165, 1.54) is 7.05 Å². The SMILES string of the molecule is CNC(=O)c1ccc(N(C)c2ccccc2C#N)nn1. The second kappa shape index (κ2) is 5.80. The van der Waals surface area contributed by atoms with Gasteiger partial charge in [-0.05, 0) is 24.3 Å². The molecule has 0 saturated heterocycles. The fourth-order valence-corrected chi connectivity index (χ4v) is 1.74. The van der Waals surface area contributed by atoms with Gasteiger partial charge in [0, 0.05) is 14.1 Å². The predicted octanol–water partition coefficient (Wildman–Crippen LogP) is 1.48. The van der Waals surface area contributed by atoms with Crippen molar-refractivity contribution >= 4 is 17.4 Å². The van der Waals surface area contributed by atoms with Crippen molar-refractivity contribution in [1.82, 2.24) is 15.5 Å². The molecule has 0 aliphatic rings. The summed E-state index contributed by atoms with van der Waals surface area (Å²) < 4.78 is 0. The van der Waals surface area contributed by atoms with Gasteiger partial charge in [-0.2, -0.15) is 5.26 Å².